The van der Waals surface area contributed by atoms with Crippen LogP contribution in [0.15, 0.2) is 0 Å². The number of nitrogens with one attached hydrogen (secondary N) is 1. The number of carbonyl (C=O) groups excluding carboxylic acids is 1. The second kappa shape index (κ2) is 5.48. The van der Waals surface area contributed by atoms with E-state index in [0.717, 1.165) is 6.42 Å². The molecule has 2 atom stereocenters. The molecule has 0 heterocycles. The van der Waals surface area contributed by atoms with Crippen molar-refractivity contribution >= 4 is 17.8 Å². The predicted molar refractivity (Wildman–Crippen MR) is 53.7 cm³/mol. The van der Waals surface area contributed by atoms with Crippen molar-refractivity contribution in [3.8, 4) is 0 Å². The molecule has 1 saturated carbocycles. The average molecular weight is 229 g/mol. The van der Waals surface area contributed by atoms with Crippen LogP contribution < -0.4 is 5.32 Å². The average Bonchev–Trinajstić information content (AvgIpc) is 2.65. The summed E-state index contributed by atoms with van der Waals surface area (Å²) in [6.07, 6.45) is 1.67. The number of rotatable bonds is 5. The Kier molecular flexibility index (Phi) is 4.28. The Morgan fingerprint density at radius 3 is 2.31 bits per heavy atom. The van der Waals surface area contributed by atoms with Crippen molar-refractivity contribution in [2.24, 2.45) is 11.8 Å². The minimum absolute atomic E-state index is 0.0526. The molecular formula is C10H15NO5. The smallest absolute Gasteiger partial charge is 0.307 e. The Labute approximate surface area is 92.6 Å². The summed E-state index contributed by atoms with van der Waals surface area (Å²) in [5, 5.41) is 19.7. The highest BCUT2D eigenvalue weighted by atomic mass is 16.4. The lowest BCUT2D eigenvalue weighted by atomic mass is 9.95. The molecule has 1 fully saturated rings. The van der Waals surface area contributed by atoms with Gasteiger partial charge in [-0.3, -0.25) is 14.4 Å². The maximum Gasteiger partial charge on any atom is 0.307 e. The number of carboxylic acids is 2. The topological polar surface area (TPSA) is 104 Å². The fourth-order valence-corrected chi connectivity index (χ4v) is 1.99. The zero-order chi connectivity index (χ0) is 12.1. The van der Waals surface area contributed by atoms with E-state index in [9.17, 15) is 14.4 Å². The lowest BCUT2D eigenvalue weighted by Gasteiger charge is -2.14. The zero-order valence-corrected chi connectivity index (χ0v) is 8.81. The van der Waals surface area contributed by atoms with Gasteiger partial charge in [-0.2, -0.15) is 0 Å². The molecule has 6 heteroatoms. The molecule has 90 valence electrons. The predicted octanol–water partition coefficient (Wildman–Crippen LogP) is 0.0782. The van der Waals surface area contributed by atoms with Crippen LogP contribution in [-0.2, 0) is 14.4 Å². The van der Waals surface area contributed by atoms with Crippen molar-refractivity contribution in [1.29, 1.82) is 0 Å². The van der Waals surface area contributed by atoms with E-state index in [-0.39, 0.29) is 18.9 Å². The van der Waals surface area contributed by atoms with Crippen molar-refractivity contribution in [3.63, 3.8) is 0 Å². The standard InChI is InChI=1S/C10H15NO5/c12-8(13)4-5-11-9(14)6-2-1-3-7(6)10(15)16/h6-7H,1-5H2,(H,11,14)(H,12,13)(H,15,16)/t6-,7+/m1/s1. The van der Waals surface area contributed by atoms with Crippen molar-refractivity contribution in [1.82, 2.24) is 5.32 Å². The molecule has 0 unspecified atom stereocenters. The Balaban J connectivity index is 2.41. The van der Waals surface area contributed by atoms with Gasteiger partial charge in [0.05, 0.1) is 18.3 Å². The highest BCUT2D eigenvalue weighted by Gasteiger charge is 2.37. The maximum atomic E-state index is 11.6. The van der Waals surface area contributed by atoms with Gasteiger partial charge in [0.2, 0.25) is 5.91 Å². The summed E-state index contributed by atoms with van der Waals surface area (Å²) in [4.78, 5) is 32.6. The van der Waals surface area contributed by atoms with Crippen LogP contribution in [0.1, 0.15) is 25.7 Å². The summed E-state index contributed by atoms with van der Waals surface area (Å²) in [5.41, 5.74) is 0. The van der Waals surface area contributed by atoms with Crippen LogP contribution in [0.4, 0.5) is 0 Å². The lowest BCUT2D eigenvalue weighted by Crippen LogP contribution is -2.36. The van der Waals surface area contributed by atoms with Gasteiger partial charge in [-0.1, -0.05) is 6.42 Å². The van der Waals surface area contributed by atoms with Gasteiger partial charge >= 0.3 is 11.9 Å². The fraction of sp³-hybridized carbons (Fsp3) is 0.700. The summed E-state index contributed by atoms with van der Waals surface area (Å²) in [6.45, 7) is 0.0526. The Morgan fingerprint density at radius 1 is 1.12 bits per heavy atom. The summed E-state index contributed by atoms with van der Waals surface area (Å²) >= 11 is 0. The molecule has 16 heavy (non-hydrogen) atoms. The number of hydrogen-bond acceptors (Lipinski definition) is 3. The third kappa shape index (κ3) is 3.22. The van der Waals surface area contributed by atoms with Crippen molar-refractivity contribution in [2.45, 2.75) is 25.7 Å². The van der Waals surface area contributed by atoms with Gasteiger partial charge in [-0.25, -0.2) is 0 Å². The van der Waals surface area contributed by atoms with Gasteiger partial charge in [0.25, 0.3) is 0 Å². The molecule has 0 bridgehead atoms. The molecule has 0 saturated heterocycles. The first-order valence-corrected chi connectivity index (χ1v) is 5.24. The minimum Gasteiger partial charge on any atom is -0.481 e. The van der Waals surface area contributed by atoms with E-state index in [1.165, 1.54) is 0 Å². The van der Waals surface area contributed by atoms with Crippen LogP contribution >= 0.6 is 0 Å². The maximum absolute atomic E-state index is 11.6. The van der Waals surface area contributed by atoms with Gasteiger partial charge < -0.3 is 15.5 Å². The summed E-state index contributed by atoms with van der Waals surface area (Å²) in [6, 6.07) is 0. The molecule has 0 aromatic rings. The van der Waals surface area contributed by atoms with E-state index in [0.29, 0.717) is 12.8 Å². The second-order valence-corrected chi connectivity index (χ2v) is 3.92. The third-order valence-electron chi connectivity index (χ3n) is 2.81. The molecule has 1 amide bonds. The molecule has 0 aromatic carbocycles. The molecule has 1 rings (SSSR count). The van der Waals surface area contributed by atoms with Crippen molar-refractivity contribution < 1.29 is 24.6 Å². The number of amides is 1. The van der Waals surface area contributed by atoms with Gasteiger partial charge in [0, 0.05) is 6.54 Å². The quantitative estimate of drug-likeness (QED) is 0.619. The minimum atomic E-state index is -0.985. The van der Waals surface area contributed by atoms with Crippen LogP contribution in [0, 0.1) is 11.8 Å². The lowest BCUT2D eigenvalue weighted by molar-refractivity contribution is -0.146. The van der Waals surface area contributed by atoms with E-state index in [4.69, 9.17) is 10.2 Å². The number of hydrogen-bond donors (Lipinski definition) is 3. The van der Waals surface area contributed by atoms with Gasteiger partial charge in [0.15, 0.2) is 0 Å². The molecule has 0 radical (unpaired) electrons. The monoisotopic (exact) mass is 229 g/mol. The van der Waals surface area contributed by atoms with E-state index >= 15 is 0 Å². The van der Waals surface area contributed by atoms with Gasteiger partial charge in [-0.05, 0) is 12.8 Å². The van der Waals surface area contributed by atoms with Gasteiger partial charge in [0.1, 0.15) is 0 Å². The summed E-state index contributed by atoms with van der Waals surface area (Å²) < 4.78 is 0. The first-order valence-electron chi connectivity index (χ1n) is 5.24. The summed E-state index contributed by atoms with van der Waals surface area (Å²) in [7, 11) is 0. The van der Waals surface area contributed by atoms with Crippen molar-refractivity contribution in [2.75, 3.05) is 6.54 Å². The van der Waals surface area contributed by atoms with Crippen LogP contribution in [0.25, 0.3) is 0 Å². The van der Waals surface area contributed by atoms with Crippen molar-refractivity contribution in [3.05, 3.63) is 0 Å². The van der Waals surface area contributed by atoms with E-state index < -0.39 is 23.8 Å². The largest absolute Gasteiger partial charge is 0.481 e. The number of carboxylic acid groups (broad SMARTS) is 2. The number of carbonyl (C=O) groups is 3. The van der Waals surface area contributed by atoms with E-state index in [1.54, 1.807) is 0 Å². The van der Waals surface area contributed by atoms with Crippen LogP contribution in [0.3, 0.4) is 0 Å². The molecular weight excluding hydrogens is 214 g/mol. The Morgan fingerprint density at radius 2 is 1.75 bits per heavy atom. The van der Waals surface area contributed by atoms with E-state index in [2.05, 4.69) is 5.32 Å². The molecule has 0 aliphatic heterocycles. The third-order valence-corrected chi connectivity index (χ3v) is 2.81. The van der Waals surface area contributed by atoms with Gasteiger partial charge in [-0.15, -0.1) is 0 Å². The zero-order valence-electron chi connectivity index (χ0n) is 8.81. The molecule has 1 aliphatic rings. The SMILES string of the molecule is O=C(O)CCNC(=O)[C@@H]1CCC[C@@H]1C(=O)O. The molecule has 1 aliphatic carbocycles. The van der Waals surface area contributed by atoms with E-state index in [1.807, 2.05) is 0 Å². The van der Waals surface area contributed by atoms with Crippen LogP contribution in [0.2, 0.25) is 0 Å². The Bertz CT molecular complexity index is 302. The molecule has 3 N–H and O–H groups in total. The highest BCUT2D eigenvalue weighted by Crippen LogP contribution is 2.31. The van der Waals surface area contributed by atoms with Crippen LogP contribution in [-0.4, -0.2) is 34.6 Å². The van der Waals surface area contributed by atoms with Crippen LogP contribution in [0.5, 0.6) is 0 Å². The highest BCUT2D eigenvalue weighted by molar-refractivity contribution is 5.85. The fourth-order valence-electron chi connectivity index (χ4n) is 1.99. The summed E-state index contributed by atoms with van der Waals surface area (Å²) in [5.74, 6) is -3.40. The first kappa shape index (κ1) is 12.5. The molecule has 0 aromatic heterocycles. The number of aliphatic carboxylic acids is 2. The second-order valence-electron chi connectivity index (χ2n) is 3.92. The Hall–Kier alpha value is -1.59. The molecule has 0 spiro atoms. The molecule has 6 nitrogen and oxygen atoms in total. The first-order chi connectivity index (χ1) is 7.52. The normalized spacial score (nSPS) is 24.0.